The molecule has 0 bridgehead atoms. The van der Waals surface area contributed by atoms with Crippen LogP contribution >= 0.6 is 0 Å². The highest BCUT2D eigenvalue weighted by Gasteiger charge is 2.16. The van der Waals surface area contributed by atoms with Crippen molar-refractivity contribution in [2.24, 2.45) is 5.41 Å². The highest BCUT2D eigenvalue weighted by molar-refractivity contribution is 5.90. The van der Waals surface area contributed by atoms with E-state index in [1.54, 1.807) is 38.5 Å². The molecule has 8 heteroatoms. The van der Waals surface area contributed by atoms with Crippen LogP contribution in [-0.4, -0.2) is 45.3 Å². The molecule has 0 aliphatic heterocycles. The Kier molecular flexibility index (Phi) is 8.27. The number of unbranched alkanes of at least 4 members (excludes halogenated alkanes) is 1. The van der Waals surface area contributed by atoms with Gasteiger partial charge >= 0.3 is 0 Å². The zero-order valence-corrected chi connectivity index (χ0v) is 21.2. The molecule has 2 aromatic heterocycles. The first-order valence-corrected chi connectivity index (χ1v) is 11.9. The molecular weight excluding hydrogens is 442 g/mol. The van der Waals surface area contributed by atoms with Gasteiger partial charge in [0.2, 0.25) is 11.8 Å². The number of aromatic amines is 1. The second kappa shape index (κ2) is 11.2. The van der Waals surface area contributed by atoms with Crippen LogP contribution in [0.25, 0.3) is 11.0 Å². The van der Waals surface area contributed by atoms with Gasteiger partial charge in [-0.25, -0.2) is 4.98 Å². The van der Waals surface area contributed by atoms with Gasteiger partial charge in [-0.2, -0.15) is 0 Å². The van der Waals surface area contributed by atoms with Crippen LogP contribution in [-0.2, 0) is 22.6 Å². The van der Waals surface area contributed by atoms with Crippen molar-refractivity contribution in [3.63, 3.8) is 0 Å². The number of hydrogen-bond donors (Lipinski definition) is 2. The van der Waals surface area contributed by atoms with Crippen molar-refractivity contribution in [3.8, 4) is 0 Å². The first-order valence-electron chi connectivity index (χ1n) is 11.9. The van der Waals surface area contributed by atoms with Crippen molar-refractivity contribution in [2.75, 3.05) is 19.4 Å². The van der Waals surface area contributed by atoms with Crippen LogP contribution in [0, 0.1) is 5.41 Å². The molecule has 0 spiro atoms. The number of anilines is 1. The van der Waals surface area contributed by atoms with Gasteiger partial charge in [-0.05, 0) is 54.5 Å². The fourth-order valence-corrected chi connectivity index (χ4v) is 3.78. The number of nitrogens with one attached hydrogen (secondary N) is 2. The van der Waals surface area contributed by atoms with Gasteiger partial charge < -0.3 is 19.8 Å². The average molecular weight is 478 g/mol. The van der Waals surface area contributed by atoms with Gasteiger partial charge in [-0.1, -0.05) is 39.0 Å². The molecule has 2 N–H and O–H groups in total. The van der Waals surface area contributed by atoms with Crippen molar-refractivity contribution in [1.29, 1.82) is 0 Å². The molecule has 0 radical (unpaired) electrons. The van der Waals surface area contributed by atoms with Crippen molar-refractivity contribution in [2.45, 2.75) is 53.0 Å². The lowest BCUT2D eigenvalue weighted by Gasteiger charge is -2.18. The highest BCUT2D eigenvalue weighted by Crippen LogP contribution is 2.25. The molecule has 0 aliphatic carbocycles. The van der Waals surface area contributed by atoms with Crippen LogP contribution < -0.4 is 10.9 Å². The van der Waals surface area contributed by atoms with Crippen molar-refractivity contribution in [1.82, 2.24) is 19.4 Å². The molecule has 0 atom stereocenters. The molecule has 0 aliphatic rings. The number of hydrogen-bond acceptors (Lipinski definition) is 4. The number of carbonyl (C=O) groups excluding carboxylic acids is 2. The summed E-state index contributed by atoms with van der Waals surface area (Å²) in [5.41, 5.74) is 3.13. The number of pyridine rings is 1. The van der Waals surface area contributed by atoms with E-state index in [4.69, 9.17) is 4.98 Å². The van der Waals surface area contributed by atoms with Crippen molar-refractivity contribution >= 4 is 28.5 Å². The maximum Gasteiger partial charge on any atom is 0.274 e. The summed E-state index contributed by atoms with van der Waals surface area (Å²) in [6, 6.07) is 9.44. The van der Waals surface area contributed by atoms with Crippen LogP contribution in [0.5, 0.6) is 0 Å². The Morgan fingerprint density at radius 3 is 2.66 bits per heavy atom. The van der Waals surface area contributed by atoms with Crippen molar-refractivity contribution in [3.05, 3.63) is 70.4 Å². The minimum Gasteiger partial charge on any atom is -0.345 e. The summed E-state index contributed by atoms with van der Waals surface area (Å²) in [5, 5.41) is 2.71. The fraction of sp³-hybridized carbons (Fsp3) is 0.407. The van der Waals surface area contributed by atoms with Gasteiger partial charge in [0.05, 0.1) is 17.6 Å². The SMILES string of the molecule is CN(C)C(=O)/C=C/CCCC(=O)Nc1cccn(Cc2nc3c(CC(C)(C)C)cccc3[nH]2)c1=O. The molecule has 1 aromatic carbocycles. The highest BCUT2D eigenvalue weighted by atomic mass is 16.2. The second-order valence-corrected chi connectivity index (χ2v) is 10.2. The quantitative estimate of drug-likeness (QED) is 0.358. The molecule has 0 saturated carbocycles. The van der Waals surface area contributed by atoms with Gasteiger partial charge in [0.15, 0.2) is 0 Å². The van der Waals surface area contributed by atoms with E-state index in [-0.39, 0.29) is 41.4 Å². The van der Waals surface area contributed by atoms with Crippen LogP contribution in [0.15, 0.2) is 53.5 Å². The molecule has 0 unspecified atom stereocenters. The third-order valence-corrected chi connectivity index (χ3v) is 5.46. The number of amides is 2. The predicted molar refractivity (Wildman–Crippen MR) is 139 cm³/mol. The lowest BCUT2D eigenvalue weighted by atomic mass is 9.88. The van der Waals surface area contributed by atoms with Gasteiger partial charge in [0, 0.05) is 26.7 Å². The topological polar surface area (TPSA) is 100 Å². The maximum absolute atomic E-state index is 12.9. The Hall–Kier alpha value is -3.68. The zero-order valence-electron chi connectivity index (χ0n) is 21.2. The summed E-state index contributed by atoms with van der Waals surface area (Å²) in [6.45, 7) is 6.86. The Bertz CT molecular complexity index is 1280. The number of rotatable bonds is 9. The van der Waals surface area contributed by atoms with E-state index < -0.39 is 0 Å². The molecule has 186 valence electrons. The number of fused-ring (bicyclic) bond motifs is 1. The summed E-state index contributed by atoms with van der Waals surface area (Å²) in [5.74, 6) is 0.364. The van der Waals surface area contributed by atoms with E-state index in [0.29, 0.717) is 18.7 Å². The lowest BCUT2D eigenvalue weighted by Crippen LogP contribution is -2.26. The van der Waals surface area contributed by atoms with Gasteiger partial charge in [-0.15, -0.1) is 0 Å². The van der Waals surface area contributed by atoms with Crippen LogP contribution in [0.1, 0.15) is 51.4 Å². The summed E-state index contributed by atoms with van der Waals surface area (Å²) >= 11 is 0. The summed E-state index contributed by atoms with van der Waals surface area (Å²) < 4.78 is 1.53. The monoisotopic (exact) mass is 477 g/mol. The molecule has 8 nitrogen and oxygen atoms in total. The standard InChI is InChI=1S/C27H35N5O3/c1-27(2,3)17-19-11-9-12-20-25(19)30-22(28-20)18-32-16-10-13-21(26(32)35)29-23(33)14-7-6-8-15-24(34)31(4)5/h8-13,15-16H,6-7,14,17-18H2,1-5H3,(H,28,30)(H,29,33)/b15-8+. The molecule has 35 heavy (non-hydrogen) atoms. The smallest absolute Gasteiger partial charge is 0.274 e. The Morgan fingerprint density at radius 2 is 1.94 bits per heavy atom. The van der Waals surface area contributed by atoms with E-state index in [1.807, 2.05) is 12.1 Å². The number of nitrogens with zero attached hydrogens (tertiary/aromatic N) is 3. The van der Waals surface area contributed by atoms with Crippen LogP contribution in [0.4, 0.5) is 5.69 Å². The first-order chi connectivity index (χ1) is 16.5. The van der Waals surface area contributed by atoms with E-state index >= 15 is 0 Å². The summed E-state index contributed by atoms with van der Waals surface area (Å²) in [7, 11) is 3.37. The third-order valence-electron chi connectivity index (χ3n) is 5.46. The average Bonchev–Trinajstić information content (AvgIpc) is 3.19. The number of benzene rings is 1. The minimum absolute atomic E-state index is 0.0887. The van der Waals surface area contributed by atoms with E-state index in [0.717, 1.165) is 17.5 Å². The molecule has 3 rings (SSSR count). The molecule has 0 fully saturated rings. The Morgan fingerprint density at radius 1 is 1.17 bits per heavy atom. The van der Waals surface area contributed by atoms with E-state index in [1.165, 1.54) is 21.1 Å². The van der Waals surface area contributed by atoms with E-state index in [9.17, 15) is 14.4 Å². The third kappa shape index (κ3) is 7.40. The number of imidazole rings is 1. The number of aromatic nitrogens is 3. The molecule has 2 heterocycles. The number of allylic oxidation sites excluding steroid dienone is 1. The largest absolute Gasteiger partial charge is 0.345 e. The second-order valence-electron chi connectivity index (χ2n) is 10.2. The van der Waals surface area contributed by atoms with Gasteiger partial charge in [0.1, 0.15) is 11.5 Å². The van der Waals surface area contributed by atoms with Gasteiger partial charge in [-0.3, -0.25) is 14.4 Å². The van der Waals surface area contributed by atoms with Crippen LogP contribution in [0.2, 0.25) is 0 Å². The number of carbonyl (C=O) groups is 2. The Labute approximate surface area is 206 Å². The van der Waals surface area contributed by atoms with Crippen LogP contribution in [0.3, 0.4) is 0 Å². The Balaban J connectivity index is 1.65. The molecule has 0 saturated heterocycles. The van der Waals surface area contributed by atoms with Gasteiger partial charge in [0.25, 0.3) is 5.56 Å². The van der Waals surface area contributed by atoms with Crippen molar-refractivity contribution < 1.29 is 9.59 Å². The number of likely N-dealkylation sites (N-methyl/N-ethyl adjacent to an activating group) is 1. The molecule has 3 aromatic rings. The predicted octanol–water partition coefficient (Wildman–Crippen LogP) is 4.11. The summed E-state index contributed by atoms with van der Waals surface area (Å²) in [6.07, 6.45) is 7.29. The number of para-hydroxylation sites is 1. The number of H-pyrrole nitrogens is 1. The maximum atomic E-state index is 12.9. The fourth-order valence-electron chi connectivity index (χ4n) is 3.78. The zero-order chi connectivity index (χ0) is 25.6. The first kappa shape index (κ1) is 25.9. The molecule has 2 amide bonds. The lowest BCUT2D eigenvalue weighted by molar-refractivity contribution is -0.123. The normalized spacial score (nSPS) is 11.8. The van der Waals surface area contributed by atoms with E-state index in [2.05, 4.69) is 37.1 Å². The molecular formula is C27H35N5O3. The summed E-state index contributed by atoms with van der Waals surface area (Å²) in [4.78, 5) is 46.4. The minimum atomic E-state index is -0.285.